The van der Waals surface area contributed by atoms with Crippen LogP contribution in [0.15, 0.2) is 48.5 Å². The molecule has 0 atom stereocenters. The van der Waals surface area contributed by atoms with Crippen LogP contribution in [-0.4, -0.2) is 14.5 Å². The monoisotopic (exact) mass is 349 g/mol. The minimum absolute atomic E-state index is 0.0225. The Morgan fingerprint density at radius 2 is 1.58 bits per heavy atom. The predicted octanol–water partition coefficient (Wildman–Crippen LogP) is 4.15. The fourth-order valence-corrected chi connectivity index (χ4v) is 3.44. The number of hydrogen-bond donors (Lipinski definition) is 0. The van der Waals surface area contributed by atoms with Gasteiger partial charge < -0.3 is 0 Å². The number of hydrogen-bond acceptors (Lipinski definition) is 2. The molecule has 0 spiro atoms. The van der Waals surface area contributed by atoms with E-state index < -0.39 is 13.7 Å². The van der Waals surface area contributed by atoms with Gasteiger partial charge >= 0.3 is 0 Å². The zero-order chi connectivity index (χ0) is 23.4. The summed E-state index contributed by atoms with van der Waals surface area (Å²) in [6.45, 7) is -1.82. The van der Waals surface area contributed by atoms with Crippen molar-refractivity contribution in [1.29, 1.82) is 0 Å². The third-order valence-electron chi connectivity index (χ3n) is 4.62. The van der Waals surface area contributed by atoms with Crippen molar-refractivity contribution < 1.29 is 12.8 Å². The first-order valence-electron chi connectivity index (χ1n) is 11.4. The minimum atomic E-state index is -2.64. The molecule has 4 heteroatoms. The van der Waals surface area contributed by atoms with Crippen LogP contribution in [0.3, 0.4) is 0 Å². The van der Waals surface area contributed by atoms with Gasteiger partial charge in [0.05, 0.1) is 24.0 Å². The molecule has 0 saturated heterocycles. The van der Waals surface area contributed by atoms with Crippen LogP contribution in [0, 0.1) is 27.6 Å². The van der Waals surface area contributed by atoms with Gasteiger partial charge in [0.15, 0.2) is 16.7 Å². The number of nitrogens with zero attached hydrogens (tertiary/aromatic N) is 4. The van der Waals surface area contributed by atoms with E-state index in [1.165, 1.54) is 6.92 Å². The highest BCUT2D eigenvalue weighted by atomic mass is 15.2. The number of aryl methyl sites for hydroxylation is 5. The molecule has 2 heterocycles. The SMILES string of the molecule is [2H]C([2H])([2H])c1nc(C)nc(C([2H])([2H])[2H])c1-n1c(-c2ccccc2C)[n+](C)c2ccccc21. The van der Waals surface area contributed by atoms with Crippen molar-refractivity contribution in [2.24, 2.45) is 7.05 Å². The second-order valence-corrected chi connectivity index (χ2v) is 6.34. The Morgan fingerprint density at radius 1 is 0.923 bits per heavy atom. The van der Waals surface area contributed by atoms with E-state index in [2.05, 4.69) is 9.97 Å². The Hall–Kier alpha value is -3.01. The van der Waals surface area contributed by atoms with Crippen LogP contribution in [-0.2, 0) is 7.05 Å². The lowest BCUT2D eigenvalue weighted by atomic mass is 10.1. The average molecular weight is 349 g/mol. The van der Waals surface area contributed by atoms with Crippen molar-refractivity contribution in [2.75, 3.05) is 0 Å². The van der Waals surface area contributed by atoms with Gasteiger partial charge in [-0.2, -0.15) is 4.57 Å². The molecule has 4 rings (SSSR count). The lowest BCUT2D eigenvalue weighted by Crippen LogP contribution is -2.30. The summed E-state index contributed by atoms with van der Waals surface area (Å²) in [4.78, 5) is 8.43. The van der Waals surface area contributed by atoms with Crippen LogP contribution in [0.5, 0.6) is 0 Å². The van der Waals surface area contributed by atoms with Gasteiger partial charge in [0, 0.05) is 8.22 Å². The molecule has 26 heavy (non-hydrogen) atoms. The van der Waals surface area contributed by atoms with Gasteiger partial charge in [0.2, 0.25) is 0 Å². The van der Waals surface area contributed by atoms with Crippen LogP contribution in [0.1, 0.15) is 31.0 Å². The second-order valence-electron chi connectivity index (χ2n) is 6.34. The molecule has 0 radical (unpaired) electrons. The molecule has 0 fully saturated rings. The zero-order valence-corrected chi connectivity index (χ0v) is 14.9. The lowest BCUT2D eigenvalue weighted by molar-refractivity contribution is -0.633. The molecule has 0 amide bonds. The molecule has 4 nitrogen and oxygen atoms in total. The second kappa shape index (κ2) is 6.06. The molecule has 0 bridgehead atoms. The van der Waals surface area contributed by atoms with Gasteiger partial charge in [-0.25, -0.2) is 14.5 Å². The van der Waals surface area contributed by atoms with Crippen molar-refractivity contribution in [3.05, 3.63) is 71.3 Å². The third-order valence-corrected chi connectivity index (χ3v) is 4.62. The molecular weight excluding hydrogens is 320 g/mol. The van der Waals surface area contributed by atoms with Crippen molar-refractivity contribution in [2.45, 2.75) is 27.6 Å². The summed E-state index contributed by atoms with van der Waals surface area (Å²) in [7, 11) is 1.87. The number of imidazole rings is 1. The molecule has 0 unspecified atom stereocenters. The summed E-state index contributed by atoms with van der Waals surface area (Å²) in [5.41, 5.74) is 2.70. The van der Waals surface area contributed by atoms with E-state index in [0.29, 0.717) is 11.3 Å². The first-order chi connectivity index (χ1) is 14.9. The van der Waals surface area contributed by atoms with Crippen LogP contribution >= 0.6 is 0 Å². The van der Waals surface area contributed by atoms with E-state index in [9.17, 15) is 0 Å². The Kier molecular flexibility index (Phi) is 2.53. The summed E-state index contributed by atoms with van der Waals surface area (Å²) in [5, 5.41) is 0. The van der Waals surface area contributed by atoms with Crippen LogP contribution in [0.25, 0.3) is 28.1 Å². The van der Waals surface area contributed by atoms with E-state index in [-0.39, 0.29) is 22.9 Å². The quantitative estimate of drug-likeness (QED) is 0.510. The minimum Gasteiger partial charge on any atom is -0.234 e. The van der Waals surface area contributed by atoms with Crippen molar-refractivity contribution >= 4 is 11.0 Å². The molecule has 0 N–H and O–H groups in total. The number of rotatable bonds is 2. The van der Waals surface area contributed by atoms with Crippen molar-refractivity contribution in [3.8, 4) is 17.1 Å². The highest BCUT2D eigenvalue weighted by molar-refractivity contribution is 5.80. The van der Waals surface area contributed by atoms with E-state index in [1.54, 1.807) is 4.57 Å². The number of benzene rings is 2. The average Bonchev–Trinajstić information content (AvgIpc) is 2.99. The summed E-state index contributed by atoms with van der Waals surface area (Å²) < 4.78 is 52.4. The predicted molar refractivity (Wildman–Crippen MR) is 104 cm³/mol. The molecular formula is C22H23N4+. The van der Waals surface area contributed by atoms with Gasteiger partial charge in [-0.05, 0) is 51.3 Å². The Balaban J connectivity index is 2.29. The lowest BCUT2D eigenvalue weighted by Gasteiger charge is -2.10. The molecule has 4 aromatic rings. The van der Waals surface area contributed by atoms with Gasteiger partial charge in [-0.15, -0.1) is 0 Å². The van der Waals surface area contributed by atoms with Crippen molar-refractivity contribution in [1.82, 2.24) is 14.5 Å². The maximum absolute atomic E-state index is 8.13. The Labute approximate surface area is 162 Å². The van der Waals surface area contributed by atoms with E-state index in [1.807, 2.05) is 67.1 Å². The maximum atomic E-state index is 8.13. The largest absolute Gasteiger partial charge is 0.295 e. The molecule has 0 aliphatic carbocycles. The van der Waals surface area contributed by atoms with E-state index in [0.717, 1.165) is 16.6 Å². The fraction of sp³-hybridized carbons (Fsp3) is 0.227. The normalized spacial score (nSPS) is 15.7. The topological polar surface area (TPSA) is 34.6 Å². The van der Waals surface area contributed by atoms with Crippen molar-refractivity contribution in [3.63, 3.8) is 0 Å². The van der Waals surface area contributed by atoms with Crippen LogP contribution in [0.2, 0.25) is 0 Å². The summed E-state index contributed by atoms with van der Waals surface area (Å²) >= 11 is 0. The molecule has 130 valence electrons. The first kappa shape index (κ1) is 10.9. The highest BCUT2D eigenvalue weighted by Gasteiger charge is 2.29. The van der Waals surface area contributed by atoms with Crippen LogP contribution < -0.4 is 4.57 Å². The summed E-state index contributed by atoms with van der Waals surface area (Å²) in [6.07, 6.45) is 0. The zero-order valence-electron chi connectivity index (χ0n) is 20.9. The van der Waals surface area contributed by atoms with E-state index in [4.69, 9.17) is 8.22 Å². The van der Waals surface area contributed by atoms with E-state index >= 15 is 0 Å². The molecule has 0 saturated carbocycles. The Morgan fingerprint density at radius 3 is 2.27 bits per heavy atom. The summed E-state index contributed by atoms with van der Waals surface area (Å²) in [5.74, 6) is 0.747. The van der Waals surface area contributed by atoms with Crippen LogP contribution in [0.4, 0.5) is 0 Å². The van der Waals surface area contributed by atoms with Gasteiger partial charge in [-0.1, -0.05) is 30.3 Å². The molecule has 0 aliphatic rings. The number of fused-ring (bicyclic) bond motifs is 1. The van der Waals surface area contributed by atoms with Gasteiger partial charge in [-0.3, -0.25) is 0 Å². The fourth-order valence-electron chi connectivity index (χ4n) is 3.44. The maximum Gasteiger partial charge on any atom is 0.295 e. The third kappa shape index (κ3) is 2.41. The molecule has 0 aliphatic heterocycles. The summed E-state index contributed by atoms with van der Waals surface area (Å²) in [6, 6.07) is 15.2. The highest BCUT2D eigenvalue weighted by Crippen LogP contribution is 2.30. The first-order valence-corrected chi connectivity index (χ1v) is 8.36. The Bertz CT molecular complexity index is 1300. The standard InChI is InChI=1S/C22H23N4/c1-14-10-6-7-11-18(14)22-25(5)19-12-8-9-13-20(19)26(22)21-15(2)23-17(4)24-16(21)3/h6-13H,1-5H3/q+1/i2D3,3D3. The number of para-hydroxylation sites is 2. The van der Waals surface area contributed by atoms with Gasteiger partial charge in [0.1, 0.15) is 5.82 Å². The number of aromatic nitrogens is 4. The molecule has 2 aromatic carbocycles. The molecule has 2 aromatic heterocycles. The van der Waals surface area contributed by atoms with Gasteiger partial charge in [0.25, 0.3) is 5.82 Å². The smallest absolute Gasteiger partial charge is 0.234 e.